The van der Waals surface area contributed by atoms with Crippen molar-refractivity contribution in [3.63, 3.8) is 0 Å². The summed E-state index contributed by atoms with van der Waals surface area (Å²) in [7, 11) is 1.82. The van der Waals surface area contributed by atoms with Gasteiger partial charge in [0.25, 0.3) is 0 Å². The van der Waals surface area contributed by atoms with Crippen molar-refractivity contribution < 1.29 is 5.11 Å². The molecule has 1 N–H and O–H groups in total. The van der Waals surface area contributed by atoms with E-state index in [1.807, 2.05) is 7.05 Å². The number of hydrogen-bond donors (Lipinski definition) is 1. The van der Waals surface area contributed by atoms with Gasteiger partial charge in [0.15, 0.2) is 0 Å². The van der Waals surface area contributed by atoms with Crippen LogP contribution in [0.15, 0.2) is 12.4 Å². The van der Waals surface area contributed by atoms with E-state index < -0.39 is 11.5 Å². The second-order valence-electron chi connectivity index (χ2n) is 5.13. The molecular formula is C13H19N3O. The van der Waals surface area contributed by atoms with Crippen molar-refractivity contribution in [3.8, 4) is 6.07 Å². The monoisotopic (exact) mass is 233 g/mol. The van der Waals surface area contributed by atoms with Crippen molar-refractivity contribution in [3.05, 3.63) is 18.0 Å². The molecule has 3 unspecified atom stereocenters. The first kappa shape index (κ1) is 12.1. The van der Waals surface area contributed by atoms with Gasteiger partial charge in [0.05, 0.1) is 17.7 Å². The minimum Gasteiger partial charge on any atom is -0.387 e. The minimum atomic E-state index is -0.710. The first-order valence-electron chi connectivity index (χ1n) is 6.19. The van der Waals surface area contributed by atoms with E-state index in [9.17, 15) is 10.4 Å². The lowest BCUT2D eigenvalue weighted by molar-refractivity contribution is 0.0640. The SMILES string of the molecule is CCC1CCC(C#N)(C(O)c2cnn(C)c2)C1. The number of nitrogens with zero attached hydrogens (tertiary/aromatic N) is 3. The standard InChI is InChI=1S/C13H19N3O/c1-3-10-4-5-13(6-10,9-14)12(17)11-7-15-16(2)8-11/h7-8,10,12,17H,3-6H2,1-2H3. The van der Waals surface area contributed by atoms with Gasteiger partial charge in [-0.3, -0.25) is 4.68 Å². The van der Waals surface area contributed by atoms with Gasteiger partial charge in [0.2, 0.25) is 0 Å². The van der Waals surface area contributed by atoms with Crippen molar-refractivity contribution in [2.75, 3.05) is 0 Å². The number of hydrogen-bond acceptors (Lipinski definition) is 3. The molecule has 0 aliphatic heterocycles. The van der Waals surface area contributed by atoms with Gasteiger partial charge >= 0.3 is 0 Å². The summed E-state index contributed by atoms with van der Waals surface area (Å²) in [6, 6.07) is 2.36. The van der Waals surface area contributed by atoms with E-state index in [-0.39, 0.29) is 0 Å². The van der Waals surface area contributed by atoms with Crippen molar-refractivity contribution >= 4 is 0 Å². The maximum Gasteiger partial charge on any atom is 0.101 e. The van der Waals surface area contributed by atoms with Crippen LogP contribution in [0.3, 0.4) is 0 Å². The highest BCUT2D eigenvalue weighted by molar-refractivity contribution is 5.19. The van der Waals surface area contributed by atoms with E-state index in [4.69, 9.17) is 0 Å². The van der Waals surface area contributed by atoms with Crippen LogP contribution in [0.5, 0.6) is 0 Å². The molecule has 17 heavy (non-hydrogen) atoms. The van der Waals surface area contributed by atoms with Crippen LogP contribution in [0.1, 0.15) is 44.3 Å². The predicted octanol–water partition coefficient (Wildman–Crippen LogP) is 2.17. The van der Waals surface area contributed by atoms with Crippen molar-refractivity contribution in [1.82, 2.24) is 9.78 Å². The van der Waals surface area contributed by atoms with Crippen LogP contribution in [0, 0.1) is 22.7 Å². The number of rotatable bonds is 3. The molecule has 4 heteroatoms. The van der Waals surface area contributed by atoms with E-state index in [1.165, 1.54) is 0 Å². The minimum absolute atomic E-state index is 0.570. The molecule has 1 fully saturated rings. The largest absolute Gasteiger partial charge is 0.387 e. The van der Waals surface area contributed by atoms with Gasteiger partial charge in [-0.05, 0) is 25.2 Å². The van der Waals surface area contributed by atoms with Gasteiger partial charge in [-0.15, -0.1) is 0 Å². The van der Waals surface area contributed by atoms with Gasteiger partial charge in [-0.2, -0.15) is 10.4 Å². The molecule has 0 amide bonds. The third-order valence-electron chi connectivity index (χ3n) is 4.02. The summed E-state index contributed by atoms with van der Waals surface area (Å²) >= 11 is 0. The third-order valence-corrected chi connectivity index (χ3v) is 4.02. The summed E-state index contributed by atoms with van der Waals surface area (Å²) in [5, 5.41) is 23.9. The summed E-state index contributed by atoms with van der Waals surface area (Å²) in [6.45, 7) is 2.15. The van der Waals surface area contributed by atoms with E-state index >= 15 is 0 Å². The van der Waals surface area contributed by atoms with Gasteiger partial charge in [0.1, 0.15) is 6.10 Å². The summed E-state index contributed by atoms with van der Waals surface area (Å²) < 4.78 is 1.66. The molecule has 0 spiro atoms. The van der Waals surface area contributed by atoms with Gasteiger partial charge in [0, 0.05) is 18.8 Å². The highest BCUT2D eigenvalue weighted by Crippen LogP contribution is 2.50. The molecule has 0 radical (unpaired) electrons. The Morgan fingerprint density at radius 1 is 1.76 bits per heavy atom. The maximum atomic E-state index is 10.4. The molecule has 4 nitrogen and oxygen atoms in total. The zero-order chi connectivity index (χ0) is 12.5. The molecule has 1 aromatic heterocycles. The molecule has 1 aromatic rings. The number of aryl methyl sites for hydroxylation is 1. The lowest BCUT2D eigenvalue weighted by Crippen LogP contribution is -2.24. The lowest BCUT2D eigenvalue weighted by atomic mass is 9.78. The van der Waals surface area contributed by atoms with Crippen LogP contribution in [-0.2, 0) is 7.05 Å². The zero-order valence-electron chi connectivity index (χ0n) is 10.4. The van der Waals surface area contributed by atoms with E-state index in [0.29, 0.717) is 5.92 Å². The molecular weight excluding hydrogens is 214 g/mol. The summed E-state index contributed by atoms with van der Waals surface area (Å²) in [5.41, 5.74) is 0.148. The Labute approximate surface area is 102 Å². The van der Waals surface area contributed by atoms with Gasteiger partial charge < -0.3 is 5.11 Å². The average Bonchev–Trinajstić information content (AvgIpc) is 2.95. The molecule has 1 aliphatic rings. The van der Waals surface area contributed by atoms with Crippen LogP contribution in [0.2, 0.25) is 0 Å². The van der Waals surface area contributed by atoms with E-state index in [0.717, 1.165) is 31.2 Å². The zero-order valence-corrected chi connectivity index (χ0v) is 10.4. The lowest BCUT2D eigenvalue weighted by Gasteiger charge is -2.26. The molecule has 1 heterocycles. The summed E-state index contributed by atoms with van der Waals surface area (Å²) in [4.78, 5) is 0. The summed E-state index contributed by atoms with van der Waals surface area (Å²) in [5.74, 6) is 0.570. The van der Waals surface area contributed by atoms with Crippen LogP contribution in [-0.4, -0.2) is 14.9 Å². The topological polar surface area (TPSA) is 61.8 Å². The molecule has 3 atom stereocenters. The Morgan fingerprint density at radius 3 is 3.00 bits per heavy atom. The van der Waals surface area contributed by atoms with Crippen LogP contribution in [0.4, 0.5) is 0 Å². The fourth-order valence-corrected chi connectivity index (χ4v) is 2.84. The second kappa shape index (κ2) is 4.50. The van der Waals surface area contributed by atoms with Crippen LogP contribution < -0.4 is 0 Å². The Hall–Kier alpha value is -1.34. The first-order valence-corrected chi connectivity index (χ1v) is 6.19. The molecule has 1 aliphatic carbocycles. The highest BCUT2D eigenvalue weighted by atomic mass is 16.3. The average molecular weight is 233 g/mol. The first-order chi connectivity index (χ1) is 8.11. The van der Waals surface area contributed by atoms with Gasteiger partial charge in [-0.25, -0.2) is 0 Å². The smallest absolute Gasteiger partial charge is 0.101 e. The quantitative estimate of drug-likeness (QED) is 0.870. The van der Waals surface area contributed by atoms with E-state index in [1.54, 1.807) is 17.1 Å². The predicted molar refractivity (Wildman–Crippen MR) is 63.8 cm³/mol. The molecule has 0 saturated heterocycles. The molecule has 0 bridgehead atoms. The number of nitriles is 1. The Morgan fingerprint density at radius 2 is 2.53 bits per heavy atom. The summed E-state index contributed by atoms with van der Waals surface area (Å²) in [6.07, 6.45) is 6.46. The number of aliphatic hydroxyl groups is 1. The molecule has 2 rings (SSSR count). The molecule has 1 saturated carbocycles. The van der Waals surface area contributed by atoms with Crippen molar-refractivity contribution in [2.45, 2.75) is 38.7 Å². The van der Waals surface area contributed by atoms with Crippen molar-refractivity contribution in [1.29, 1.82) is 5.26 Å². The maximum absolute atomic E-state index is 10.4. The van der Waals surface area contributed by atoms with Crippen molar-refractivity contribution in [2.24, 2.45) is 18.4 Å². The fourth-order valence-electron chi connectivity index (χ4n) is 2.84. The van der Waals surface area contributed by atoms with Gasteiger partial charge in [-0.1, -0.05) is 13.3 Å². The van der Waals surface area contributed by atoms with Crippen LogP contribution >= 0.6 is 0 Å². The number of aromatic nitrogens is 2. The Kier molecular flexibility index (Phi) is 3.21. The second-order valence-corrected chi connectivity index (χ2v) is 5.13. The fraction of sp³-hybridized carbons (Fsp3) is 0.692. The highest BCUT2D eigenvalue weighted by Gasteiger charge is 2.45. The Bertz CT molecular complexity index is 434. The molecule has 0 aromatic carbocycles. The Balaban J connectivity index is 2.22. The normalized spacial score (nSPS) is 30.1. The van der Waals surface area contributed by atoms with Crippen LogP contribution in [0.25, 0.3) is 0 Å². The van der Waals surface area contributed by atoms with E-state index in [2.05, 4.69) is 18.1 Å². The number of aliphatic hydroxyl groups excluding tert-OH is 1. The molecule has 92 valence electrons. The third kappa shape index (κ3) is 2.07.